The fraction of sp³-hybridized carbons (Fsp3) is 0.100. The number of thioether (sulfide) groups is 2. The standard InChI is InChI=1S/C20H17N3O2S2/c1-13(24)11-19-22(15-7-3-5-9-17(15)26-19)21-23-16-8-4-6-10-18(16)27-20(23)12-14(2)25/h3-12,21H,1-2H3. The van der Waals surface area contributed by atoms with Gasteiger partial charge in [0.2, 0.25) is 0 Å². The molecule has 0 atom stereocenters. The number of hydrogen-bond acceptors (Lipinski definition) is 7. The van der Waals surface area contributed by atoms with Gasteiger partial charge in [0.25, 0.3) is 0 Å². The molecular weight excluding hydrogens is 378 g/mol. The van der Waals surface area contributed by atoms with Crippen LogP contribution in [0.15, 0.2) is 80.5 Å². The Hall–Kier alpha value is -2.48. The van der Waals surface area contributed by atoms with E-state index in [0.29, 0.717) is 0 Å². The average Bonchev–Trinajstić information content (AvgIpc) is 3.13. The Bertz CT molecular complexity index is 921. The van der Waals surface area contributed by atoms with Crippen molar-refractivity contribution in [3.8, 4) is 0 Å². The van der Waals surface area contributed by atoms with Crippen molar-refractivity contribution in [3.63, 3.8) is 0 Å². The highest BCUT2D eigenvalue weighted by atomic mass is 32.2. The first-order valence-corrected chi connectivity index (χ1v) is 10.0. The van der Waals surface area contributed by atoms with Crippen LogP contribution < -0.4 is 15.6 Å². The molecule has 0 bridgehead atoms. The maximum Gasteiger partial charge on any atom is 0.155 e. The molecule has 27 heavy (non-hydrogen) atoms. The van der Waals surface area contributed by atoms with Crippen LogP contribution in [0, 0.1) is 0 Å². The summed E-state index contributed by atoms with van der Waals surface area (Å²) in [6, 6.07) is 15.9. The molecule has 0 fully saturated rings. The first-order chi connectivity index (χ1) is 13.0. The molecule has 7 heteroatoms. The van der Waals surface area contributed by atoms with E-state index in [9.17, 15) is 9.59 Å². The van der Waals surface area contributed by atoms with Gasteiger partial charge in [-0.05, 0) is 38.1 Å². The smallest absolute Gasteiger partial charge is 0.155 e. The summed E-state index contributed by atoms with van der Waals surface area (Å²) in [5.41, 5.74) is 5.31. The van der Waals surface area contributed by atoms with Gasteiger partial charge in [-0.1, -0.05) is 47.8 Å². The second-order valence-corrected chi connectivity index (χ2v) is 8.22. The molecule has 136 valence electrons. The van der Waals surface area contributed by atoms with E-state index in [4.69, 9.17) is 0 Å². The van der Waals surface area contributed by atoms with E-state index < -0.39 is 0 Å². The lowest BCUT2D eigenvalue weighted by Crippen LogP contribution is -2.46. The molecule has 0 unspecified atom stereocenters. The third-order valence-electron chi connectivity index (χ3n) is 3.94. The molecule has 0 aliphatic carbocycles. The number of benzene rings is 2. The van der Waals surface area contributed by atoms with Crippen LogP contribution in [0.4, 0.5) is 11.4 Å². The number of nitrogens with zero attached hydrogens (tertiary/aromatic N) is 2. The van der Waals surface area contributed by atoms with Crippen molar-refractivity contribution in [2.24, 2.45) is 0 Å². The topological polar surface area (TPSA) is 52.7 Å². The molecule has 2 heterocycles. The number of rotatable bonds is 4. The summed E-state index contributed by atoms with van der Waals surface area (Å²) in [7, 11) is 0. The molecule has 4 rings (SSSR count). The zero-order chi connectivity index (χ0) is 19.0. The number of hydrazine groups is 2. The molecule has 0 amide bonds. The van der Waals surface area contributed by atoms with Crippen molar-refractivity contribution in [2.75, 3.05) is 10.0 Å². The highest BCUT2D eigenvalue weighted by Gasteiger charge is 2.32. The monoisotopic (exact) mass is 395 g/mol. The molecule has 2 aromatic rings. The minimum absolute atomic E-state index is 0.0206. The quantitative estimate of drug-likeness (QED) is 0.766. The van der Waals surface area contributed by atoms with Crippen molar-refractivity contribution in [1.29, 1.82) is 0 Å². The van der Waals surface area contributed by atoms with Crippen LogP contribution in [0.3, 0.4) is 0 Å². The van der Waals surface area contributed by atoms with E-state index in [2.05, 4.69) is 5.53 Å². The summed E-state index contributed by atoms with van der Waals surface area (Å²) >= 11 is 3.07. The highest BCUT2D eigenvalue weighted by molar-refractivity contribution is 8.04. The van der Waals surface area contributed by atoms with Gasteiger partial charge < -0.3 is 0 Å². The van der Waals surface area contributed by atoms with Crippen LogP contribution in [0.1, 0.15) is 13.8 Å². The number of nitrogens with one attached hydrogen (secondary N) is 1. The minimum atomic E-state index is -0.0206. The van der Waals surface area contributed by atoms with E-state index >= 15 is 0 Å². The van der Waals surface area contributed by atoms with Crippen LogP contribution in [0.25, 0.3) is 0 Å². The van der Waals surface area contributed by atoms with Gasteiger partial charge in [0, 0.05) is 21.9 Å². The molecule has 0 saturated carbocycles. The van der Waals surface area contributed by atoms with Crippen LogP contribution >= 0.6 is 23.5 Å². The average molecular weight is 396 g/mol. The molecular formula is C20H17N3O2S2. The lowest BCUT2D eigenvalue weighted by atomic mass is 10.3. The zero-order valence-corrected chi connectivity index (χ0v) is 16.4. The number of hydrogen-bond donors (Lipinski definition) is 1. The normalized spacial score (nSPS) is 18.1. The van der Waals surface area contributed by atoms with Crippen LogP contribution in [-0.2, 0) is 9.59 Å². The van der Waals surface area contributed by atoms with Gasteiger partial charge in [0.1, 0.15) is 10.1 Å². The number of para-hydroxylation sites is 2. The molecule has 0 radical (unpaired) electrons. The maximum absolute atomic E-state index is 11.7. The van der Waals surface area contributed by atoms with Gasteiger partial charge in [0.05, 0.1) is 11.4 Å². The van der Waals surface area contributed by atoms with Gasteiger partial charge in [-0.15, -0.1) is 5.53 Å². The predicted molar refractivity (Wildman–Crippen MR) is 110 cm³/mol. The van der Waals surface area contributed by atoms with E-state index in [1.165, 1.54) is 37.4 Å². The number of fused-ring (bicyclic) bond motifs is 2. The van der Waals surface area contributed by atoms with Crippen LogP contribution in [0.2, 0.25) is 0 Å². The fourth-order valence-electron chi connectivity index (χ4n) is 2.85. The largest absolute Gasteiger partial charge is 0.295 e. The molecule has 2 aromatic carbocycles. The SMILES string of the molecule is CC(=O)C=C1Sc2ccccc2N1NN1C(=CC(C)=O)Sc2ccccc21. The number of carbonyl (C=O) groups is 2. The number of allylic oxidation sites excluding steroid dienone is 2. The molecule has 2 aliphatic heterocycles. The second kappa shape index (κ2) is 7.26. The van der Waals surface area contributed by atoms with Crippen LogP contribution in [0.5, 0.6) is 0 Å². The predicted octanol–water partition coefficient (Wildman–Crippen LogP) is 4.49. The summed E-state index contributed by atoms with van der Waals surface area (Å²) in [4.78, 5) is 25.6. The summed E-state index contributed by atoms with van der Waals surface area (Å²) in [5, 5.41) is 5.36. The lowest BCUT2D eigenvalue weighted by Gasteiger charge is -2.29. The summed E-state index contributed by atoms with van der Waals surface area (Å²) in [5.74, 6) is -0.0411. The van der Waals surface area contributed by atoms with Gasteiger partial charge >= 0.3 is 0 Å². The first-order valence-electron chi connectivity index (χ1n) is 8.38. The Balaban J connectivity index is 1.76. The zero-order valence-electron chi connectivity index (χ0n) is 14.8. The van der Waals surface area contributed by atoms with Crippen molar-refractivity contribution in [3.05, 3.63) is 70.7 Å². The lowest BCUT2D eigenvalue weighted by molar-refractivity contribution is -0.113. The van der Waals surface area contributed by atoms with E-state index in [1.807, 2.05) is 58.5 Å². The highest BCUT2D eigenvalue weighted by Crippen LogP contribution is 2.48. The maximum atomic E-state index is 11.7. The Morgan fingerprint density at radius 1 is 0.778 bits per heavy atom. The first kappa shape index (κ1) is 17.9. The van der Waals surface area contributed by atoms with Gasteiger partial charge in [-0.3, -0.25) is 19.6 Å². The molecule has 0 spiro atoms. The van der Waals surface area contributed by atoms with Gasteiger partial charge in [-0.2, -0.15) is 0 Å². The van der Waals surface area contributed by atoms with Gasteiger partial charge in [0.15, 0.2) is 11.6 Å². The third kappa shape index (κ3) is 3.53. The number of anilines is 2. The van der Waals surface area contributed by atoms with Crippen molar-refractivity contribution >= 4 is 46.5 Å². The van der Waals surface area contributed by atoms with Crippen LogP contribution in [-0.4, -0.2) is 11.6 Å². The van der Waals surface area contributed by atoms with E-state index in [0.717, 1.165) is 31.2 Å². The summed E-state index contributed by atoms with van der Waals surface area (Å²) in [6.07, 6.45) is 3.22. The summed E-state index contributed by atoms with van der Waals surface area (Å²) < 4.78 is 0. The van der Waals surface area contributed by atoms with Gasteiger partial charge in [-0.25, -0.2) is 0 Å². The van der Waals surface area contributed by atoms with Crippen molar-refractivity contribution in [2.45, 2.75) is 23.6 Å². The number of ketones is 2. The molecule has 1 N–H and O–H groups in total. The van der Waals surface area contributed by atoms with E-state index in [1.54, 1.807) is 12.2 Å². The fourth-order valence-corrected chi connectivity index (χ4v) is 5.03. The Labute approximate surface area is 166 Å². The summed E-state index contributed by atoms with van der Waals surface area (Å²) in [6.45, 7) is 3.08. The molecule has 0 saturated heterocycles. The van der Waals surface area contributed by atoms with E-state index in [-0.39, 0.29) is 11.6 Å². The molecule has 0 aromatic heterocycles. The second-order valence-electron chi connectivity index (χ2n) is 6.10. The Morgan fingerprint density at radius 3 is 1.59 bits per heavy atom. The Kier molecular flexibility index (Phi) is 4.82. The number of carbonyl (C=O) groups excluding carboxylic acids is 2. The molecule has 2 aliphatic rings. The minimum Gasteiger partial charge on any atom is -0.295 e. The van der Waals surface area contributed by atoms with Crippen molar-refractivity contribution in [1.82, 2.24) is 5.53 Å². The molecule has 5 nitrogen and oxygen atoms in total. The Morgan fingerprint density at radius 2 is 1.19 bits per heavy atom. The van der Waals surface area contributed by atoms with Crippen molar-refractivity contribution < 1.29 is 9.59 Å². The third-order valence-corrected chi connectivity index (χ3v) is 6.09.